The van der Waals surface area contributed by atoms with Gasteiger partial charge in [-0.25, -0.2) is 0 Å². The van der Waals surface area contributed by atoms with Crippen LogP contribution < -0.4 is 11.1 Å². The Hall–Kier alpha value is -1.35. The van der Waals surface area contributed by atoms with E-state index in [1.54, 1.807) is 0 Å². The average molecular weight is 218 g/mol. The summed E-state index contributed by atoms with van der Waals surface area (Å²) in [4.78, 5) is 11.7. The van der Waals surface area contributed by atoms with Crippen LogP contribution in [0.5, 0.6) is 0 Å². The molecule has 0 spiro atoms. The predicted octanol–water partition coefficient (Wildman–Crippen LogP) is 1.53. The van der Waals surface area contributed by atoms with Gasteiger partial charge in [0, 0.05) is 18.7 Å². The first kappa shape index (κ1) is 11.1. The topological polar surface area (TPSA) is 55.1 Å². The van der Waals surface area contributed by atoms with Gasteiger partial charge in [-0.1, -0.05) is 19.1 Å². The van der Waals surface area contributed by atoms with Crippen molar-refractivity contribution >= 4 is 5.91 Å². The third-order valence-corrected chi connectivity index (χ3v) is 3.25. The maximum atomic E-state index is 11.7. The number of hydrogen-bond acceptors (Lipinski definition) is 2. The maximum Gasteiger partial charge on any atom is 0.251 e. The Morgan fingerprint density at radius 2 is 2.06 bits per heavy atom. The summed E-state index contributed by atoms with van der Waals surface area (Å²) >= 11 is 0. The molecule has 86 valence electrons. The fourth-order valence-corrected chi connectivity index (χ4v) is 1.80. The van der Waals surface area contributed by atoms with Crippen LogP contribution in [-0.2, 0) is 6.54 Å². The minimum Gasteiger partial charge on any atom is -0.352 e. The number of carbonyl (C=O) groups is 1. The summed E-state index contributed by atoms with van der Waals surface area (Å²) in [7, 11) is 0. The maximum absolute atomic E-state index is 11.7. The van der Waals surface area contributed by atoms with E-state index in [1.165, 1.54) is 6.42 Å². The molecule has 0 heterocycles. The second-order valence-corrected chi connectivity index (χ2v) is 4.58. The van der Waals surface area contributed by atoms with Crippen molar-refractivity contribution < 1.29 is 4.79 Å². The minimum atomic E-state index is 0.0164. The Morgan fingerprint density at radius 3 is 2.56 bits per heavy atom. The van der Waals surface area contributed by atoms with Crippen molar-refractivity contribution in [2.45, 2.75) is 19.9 Å². The van der Waals surface area contributed by atoms with Crippen LogP contribution in [0.3, 0.4) is 0 Å². The van der Waals surface area contributed by atoms with Gasteiger partial charge in [0.2, 0.25) is 0 Å². The van der Waals surface area contributed by atoms with Gasteiger partial charge >= 0.3 is 0 Å². The molecule has 16 heavy (non-hydrogen) atoms. The molecule has 1 amide bonds. The van der Waals surface area contributed by atoms with Gasteiger partial charge in [-0.05, 0) is 36.0 Å². The summed E-state index contributed by atoms with van der Waals surface area (Å²) < 4.78 is 0. The van der Waals surface area contributed by atoms with Crippen LogP contribution in [0.25, 0.3) is 0 Å². The van der Waals surface area contributed by atoms with Crippen molar-refractivity contribution in [3.63, 3.8) is 0 Å². The van der Waals surface area contributed by atoms with E-state index >= 15 is 0 Å². The second-order valence-electron chi connectivity index (χ2n) is 4.58. The van der Waals surface area contributed by atoms with Gasteiger partial charge in [-0.3, -0.25) is 4.79 Å². The third-order valence-electron chi connectivity index (χ3n) is 3.25. The smallest absolute Gasteiger partial charge is 0.251 e. The average Bonchev–Trinajstić information content (AvgIpc) is 3.02. The first-order valence-corrected chi connectivity index (χ1v) is 5.78. The molecule has 3 nitrogen and oxygen atoms in total. The van der Waals surface area contributed by atoms with Gasteiger partial charge in [0.05, 0.1) is 0 Å². The molecule has 1 aromatic carbocycles. The van der Waals surface area contributed by atoms with E-state index in [9.17, 15) is 4.79 Å². The summed E-state index contributed by atoms with van der Waals surface area (Å²) in [5.41, 5.74) is 7.26. The monoisotopic (exact) mass is 218 g/mol. The van der Waals surface area contributed by atoms with Crippen LogP contribution in [0.2, 0.25) is 0 Å². The first-order chi connectivity index (χ1) is 7.70. The molecule has 0 aromatic heterocycles. The molecule has 0 radical (unpaired) electrons. The van der Waals surface area contributed by atoms with Gasteiger partial charge in [-0.2, -0.15) is 0 Å². The van der Waals surface area contributed by atoms with E-state index in [-0.39, 0.29) is 5.91 Å². The summed E-state index contributed by atoms with van der Waals surface area (Å²) in [5, 5.41) is 2.96. The van der Waals surface area contributed by atoms with Crippen LogP contribution in [0, 0.1) is 11.8 Å². The van der Waals surface area contributed by atoms with Crippen molar-refractivity contribution in [2.75, 3.05) is 6.54 Å². The van der Waals surface area contributed by atoms with Gasteiger partial charge in [-0.15, -0.1) is 0 Å². The molecule has 3 N–H and O–H groups in total. The van der Waals surface area contributed by atoms with E-state index in [2.05, 4.69) is 12.2 Å². The summed E-state index contributed by atoms with van der Waals surface area (Å²) in [5.74, 6) is 1.48. The zero-order chi connectivity index (χ0) is 11.5. The zero-order valence-electron chi connectivity index (χ0n) is 9.57. The second kappa shape index (κ2) is 4.66. The van der Waals surface area contributed by atoms with E-state index in [0.29, 0.717) is 18.0 Å². The highest BCUT2D eigenvalue weighted by molar-refractivity contribution is 5.94. The van der Waals surface area contributed by atoms with Gasteiger partial charge < -0.3 is 11.1 Å². The molecule has 1 saturated carbocycles. The van der Waals surface area contributed by atoms with Crippen molar-refractivity contribution in [1.29, 1.82) is 0 Å². The summed E-state index contributed by atoms with van der Waals surface area (Å²) in [6.45, 7) is 3.53. The Bertz CT molecular complexity index is 372. The molecule has 2 atom stereocenters. The molecule has 1 aliphatic rings. The Morgan fingerprint density at radius 1 is 1.44 bits per heavy atom. The molecular formula is C13H18N2O. The number of rotatable bonds is 4. The lowest BCUT2D eigenvalue weighted by Crippen LogP contribution is -2.25. The van der Waals surface area contributed by atoms with E-state index in [1.807, 2.05) is 24.3 Å². The normalized spacial score (nSPS) is 22.9. The lowest BCUT2D eigenvalue weighted by Gasteiger charge is -2.05. The van der Waals surface area contributed by atoms with Crippen LogP contribution in [0.15, 0.2) is 24.3 Å². The SMILES string of the molecule is CC1CC1CNC(=O)c1ccc(CN)cc1. The van der Waals surface area contributed by atoms with Gasteiger partial charge in [0.1, 0.15) is 0 Å². The van der Waals surface area contributed by atoms with Crippen molar-refractivity contribution in [1.82, 2.24) is 5.32 Å². The molecule has 0 aliphatic heterocycles. The lowest BCUT2D eigenvalue weighted by atomic mass is 10.1. The summed E-state index contributed by atoms with van der Waals surface area (Å²) in [6.07, 6.45) is 1.24. The molecular weight excluding hydrogens is 200 g/mol. The number of carbonyl (C=O) groups excluding carboxylic acids is 1. The lowest BCUT2D eigenvalue weighted by molar-refractivity contribution is 0.0951. The van der Waals surface area contributed by atoms with E-state index in [0.717, 1.165) is 18.0 Å². The fourth-order valence-electron chi connectivity index (χ4n) is 1.80. The van der Waals surface area contributed by atoms with Gasteiger partial charge in [0.25, 0.3) is 5.91 Å². The summed E-state index contributed by atoms with van der Waals surface area (Å²) in [6, 6.07) is 7.45. The van der Waals surface area contributed by atoms with Crippen molar-refractivity contribution in [3.8, 4) is 0 Å². The Kier molecular flexibility index (Phi) is 3.25. The Balaban J connectivity index is 1.87. The molecule has 1 aromatic rings. The Labute approximate surface area is 96.0 Å². The third kappa shape index (κ3) is 2.61. The minimum absolute atomic E-state index is 0.0164. The molecule has 2 rings (SSSR count). The van der Waals surface area contributed by atoms with E-state index < -0.39 is 0 Å². The highest BCUT2D eigenvalue weighted by Gasteiger charge is 2.32. The van der Waals surface area contributed by atoms with Crippen LogP contribution in [0.4, 0.5) is 0 Å². The number of hydrogen-bond donors (Lipinski definition) is 2. The van der Waals surface area contributed by atoms with Crippen LogP contribution in [0.1, 0.15) is 29.3 Å². The number of nitrogens with two attached hydrogens (primary N) is 1. The van der Waals surface area contributed by atoms with Crippen molar-refractivity contribution in [2.24, 2.45) is 17.6 Å². The number of amides is 1. The molecule has 3 heteroatoms. The quantitative estimate of drug-likeness (QED) is 0.805. The fraction of sp³-hybridized carbons (Fsp3) is 0.462. The molecule has 1 aliphatic carbocycles. The zero-order valence-corrected chi connectivity index (χ0v) is 9.57. The van der Waals surface area contributed by atoms with Crippen LogP contribution in [-0.4, -0.2) is 12.5 Å². The standard InChI is InChI=1S/C13H18N2O/c1-9-6-12(9)8-15-13(16)11-4-2-10(7-14)3-5-11/h2-5,9,12H,6-8,14H2,1H3,(H,15,16). The highest BCUT2D eigenvalue weighted by atomic mass is 16.1. The predicted molar refractivity (Wildman–Crippen MR) is 63.9 cm³/mol. The molecule has 2 unspecified atom stereocenters. The van der Waals surface area contributed by atoms with E-state index in [4.69, 9.17) is 5.73 Å². The largest absolute Gasteiger partial charge is 0.352 e. The highest BCUT2D eigenvalue weighted by Crippen LogP contribution is 2.36. The van der Waals surface area contributed by atoms with Crippen LogP contribution >= 0.6 is 0 Å². The van der Waals surface area contributed by atoms with Gasteiger partial charge in [0.15, 0.2) is 0 Å². The first-order valence-electron chi connectivity index (χ1n) is 5.78. The molecule has 0 saturated heterocycles. The van der Waals surface area contributed by atoms with Crippen molar-refractivity contribution in [3.05, 3.63) is 35.4 Å². The molecule has 1 fully saturated rings. The number of benzene rings is 1. The molecule has 0 bridgehead atoms. The number of nitrogens with one attached hydrogen (secondary N) is 1.